The standard InChI is InChI=1S/C21H27NO4S/c1-4-27(24,25)20-11-5-17(6-12-20)15-21(23)22-13-14-26-19-9-7-18(8-10-19)16(2)3/h5-12,16H,4,13-15H2,1-3H3,(H,22,23). The molecule has 5 nitrogen and oxygen atoms in total. The highest BCUT2D eigenvalue weighted by Gasteiger charge is 2.11. The molecule has 0 spiro atoms. The van der Waals surface area contributed by atoms with Crippen molar-refractivity contribution in [3.8, 4) is 5.75 Å². The van der Waals surface area contributed by atoms with Crippen LogP contribution in [0.25, 0.3) is 0 Å². The van der Waals surface area contributed by atoms with Crippen molar-refractivity contribution in [2.24, 2.45) is 0 Å². The zero-order chi connectivity index (χ0) is 19.9. The number of ether oxygens (including phenoxy) is 1. The molecule has 146 valence electrons. The maximum Gasteiger partial charge on any atom is 0.224 e. The molecule has 0 radical (unpaired) electrons. The summed E-state index contributed by atoms with van der Waals surface area (Å²) in [5.41, 5.74) is 2.03. The second-order valence-corrected chi connectivity index (χ2v) is 8.92. The average Bonchev–Trinajstić information content (AvgIpc) is 2.66. The molecule has 0 aliphatic carbocycles. The highest BCUT2D eigenvalue weighted by Crippen LogP contribution is 2.18. The number of hydrogen-bond donors (Lipinski definition) is 1. The second-order valence-electron chi connectivity index (χ2n) is 6.65. The van der Waals surface area contributed by atoms with Crippen LogP contribution in [0, 0.1) is 0 Å². The third kappa shape index (κ3) is 6.40. The molecule has 0 aliphatic heterocycles. The van der Waals surface area contributed by atoms with E-state index < -0.39 is 9.84 Å². The van der Waals surface area contributed by atoms with Gasteiger partial charge in [0.25, 0.3) is 0 Å². The Hall–Kier alpha value is -2.34. The fourth-order valence-corrected chi connectivity index (χ4v) is 3.42. The van der Waals surface area contributed by atoms with Gasteiger partial charge in [0.15, 0.2) is 9.84 Å². The van der Waals surface area contributed by atoms with Crippen LogP contribution in [0.5, 0.6) is 5.75 Å². The van der Waals surface area contributed by atoms with Gasteiger partial charge in [0.1, 0.15) is 12.4 Å². The van der Waals surface area contributed by atoms with E-state index in [1.165, 1.54) is 5.56 Å². The van der Waals surface area contributed by atoms with E-state index in [4.69, 9.17) is 4.74 Å². The zero-order valence-corrected chi connectivity index (χ0v) is 16.9. The molecular weight excluding hydrogens is 362 g/mol. The summed E-state index contributed by atoms with van der Waals surface area (Å²) in [4.78, 5) is 12.3. The van der Waals surface area contributed by atoms with Gasteiger partial charge in [-0.1, -0.05) is 45.0 Å². The van der Waals surface area contributed by atoms with Crippen LogP contribution >= 0.6 is 0 Å². The molecule has 2 aromatic carbocycles. The van der Waals surface area contributed by atoms with Crippen molar-refractivity contribution in [2.45, 2.75) is 38.0 Å². The monoisotopic (exact) mass is 389 g/mol. The first-order valence-corrected chi connectivity index (χ1v) is 10.8. The van der Waals surface area contributed by atoms with E-state index in [1.807, 2.05) is 24.3 Å². The molecule has 0 saturated heterocycles. The van der Waals surface area contributed by atoms with Crippen LogP contribution in [0.4, 0.5) is 0 Å². The lowest BCUT2D eigenvalue weighted by molar-refractivity contribution is -0.120. The lowest BCUT2D eigenvalue weighted by atomic mass is 10.0. The minimum absolute atomic E-state index is 0.0625. The Morgan fingerprint density at radius 1 is 1.04 bits per heavy atom. The predicted molar refractivity (Wildman–Crippen MR) is 107 cm³/mol. The number of nitrogens with one attached hydrogen (secondary N) is 1. The fourth-order valence-electron chi connectivity index (χ4n) is 2.54. The SMILES string of the molecule is CCS(=O)(=O)c1ccc(CC(=O)NCCOc2ccc(C(C)C)cc2)cc1. The van der Waals surface area contributed by atoms with Crippen LogP contribution in [0.2, 0.25) is 0 Å². The first-order chi connectivity index (χ1) is 12.8. The van der Waals surface area contributed by atoms with Gasteiger partial charge in [0.2, 0.25) is 5.91 Å². The van der Waals surface area contributed by atoms with Crippen molar-refractivity contribution in [1.29, 1.82) is 0 Å². The molecule has 2 rings (SSSR count). The molecular formula is C21H27NO4S. The quantitative estimate of drug-likeness (QED) is 0.668. The highest BCUT2D eigenvalue weighted by atomic mass is 32.2. The molecule has 27 heavy (non-hydrogen) atoms. The van der Waals surface area contributed by atoms with Gasteiger partial charge in [-0.2, -0.15) is 0 Å². The molecule has 0 unspecified atom stereocenters. The van der Waals surface area contributed by atoms with Gasteiger partial charge in [-0.3, -0.25) is 4.79 Å². The van der Waals surface area contributed by atoms with E-state index in [2.05, 4.69) is 19.2 Å². The molecule has 1 N–H and O–H groups in total. The van der Waals surface area contributed by atoms with Crippen LogP contribution in [0.3, 0.4) is 0 Å². The van der Waals surface area contributed by atoms with Crippen LogP contribution in [0.1, 0.15) is 37.8 Å². The van der Waals surface area contributed by atoms with Crippen LogP contribution < -0.4 is 10.1 Å². The maximum atomic E-state index is 12.0. The summed E-state index contributed by atoms with van der Waals surface area (Å²) in [6.07, 6.45) is 0.204. The van der Waals surface area contributed by atoms with E-state index in [1.54, 1.807) is 31.2 Å². The Bertz CT molecular complexity index is 841. The number of amides is 1. The Kier molecular flexibility index (Phi) is 7.42. The number of benzene rings is 2. The lowest BCUT2D eigenvalue weighted by Crippen LogP contribution is -2.29. The van der Waals surface area contributed by atoms with E-state index in [9.17, 15) is 13.2 Å². The van der Waals surface area contributed by atoms with E-state index in [-0.39, 0.29) is 23.0 Å². The first-order valence-electron chi connectivity index (χ1n) is 9.13. The molecule has 0 aliphatic rings. The smallest absolute Gasteiger partial charge is 0.224 e. The van der Waals surface area contributed by atoms with Gasteiger partial charge in [0, 0.05) is 0 Å². The number of hydrogen-bond acceptors (Lipinski definition) is 4. The van der Waals surface area contributed by atoms with Crippen molar-refractivity contribution >= 4 is 15.7 Å². The van der Waals surface area contributed by atoms with Crippen molar-refractivity contribution in [3.05, 3.63) is 59.7 Å². The second kappa shape index (κ2) is 9.55. The van der Waals surface area contributed by atoms with Gasteiger partial charge in [0.05, 0.1) is 23.6 Å². The van der Waals surface area contributed by atoms with Gasteiger partial charge >= 0.3 is 0 Å². The van der Waals surface area contributed by atoms with E-state index in [0.29, 0.717) is 19.1 Å². The average molecular weight is 390 g/mol. The van der Waals surface area contributed by atoms with Crippen LogP contribution in [0.15, 0.2) is 53.4 Å². The van der Waals surface area contributed by atoms with Crippen molar-refractivity contribution in [2.75, 3.05) is 18.9 Å². The van der Waals surface area contributed by atoms with Gasteiger partial charge in [-0.25, -0.2) is 8.42 Å². The van der Waals surface area contributed by atoms with Crippen LogP contribution in [-0.4, -0.2) is 33.2 Å². The van der Waals surface area contributed by atoms with Crippen molar-refractivity contribution in [3.63, 3.8) is 0 Å². The van der Waals surface area contributed by atoms with Gasteiger partial charge in [-0.05, 0) is 41.3 Å². The highest BCUT2D eigenvalue weighted by molar-refractivity contribution is 7.91. The topological polar surface area (TPSA) is 72.5 Å². The molecule has 0 heterocycles. The van der Waals surface area contributed by atoms with E-state index >= 15 is 0 Å². The number of rotatable bonds is 9. The molecule has 0 bridgehead atoms. The van der Waals surface area contributed by atoms with Crippen molar-refractivity contribution in [1.82, 2.24) is 5.32 Å². The number of carbonyl (C=O) groups excluding carboxylic acids is 1. The summed E-state index contributed by atoms with van der Waals surface area (Å²) in [5.74, 6) is 1.20. The molecule has 0 fully saturated rings. The molecule has 0 aromatic heterocycles. The zero-order valence-electron chi connectivity index (χ0n) is 16.1. The molecule has 0 saturated carbocycles. The van der Waals surface area contributed by atoms with Gasteiger partial charge < -0.3 is 10.1 Å². The Balaban J connectivity index is 1.74. The third-order valence-electron chi connectivity index (χ3n) is 4.27. The first kappa shape index (κ1) is 21.0. The summed E-state index contributed by atoms with van der Waals surface area (Å²) in [6.45, 7) is 6.69. The van der Waals surface area contributed by atoms with Crippen molar-refractivity contribution < 1.29 is 17.9 Å². The Labute approximate surface area is 161 Å². The third-order valence-corrected chi connectivity index (χ3v) is 6.02. The summed E-state index contributed by atoms with van der Waals surface area (Å²) >= 11 is 0. The molecule has 1 amide bonds. The largest absolute Gasteiger partial charge is 0.492 e. The fraction of sp³-hybridized carbons (Fsp3) is 0.381. The molecule has 2 aromatic rings. The lowest BCUT2D eigenvalue weighted by Gasteiger charge is -2.10. The molecule has 6 heteroatoms. The Morgan fingerprint density at radius 2 is 1.67 bits per heavy atom. The number of carbonyl (C=O) groups is 1. The summed E-state index contributed by atoms with van der Waals surface area (Å²) in [6, 6.07) is 14.4. The summed E-state index contributed by atoms with van der Waals surface area (Å²) in [7, 11) is -3.21. The summed E-state index contributed by atoms with van der Waals surface area (Å²) < 4.78 is 29.2. The predicted octanol–water partition coefficient (Wildman–Crippen LogP) is 3.34. The summed E-state index contributed by atoms with van der Waals surface area (Å²) in [5, 5.41) is 2.80. The number of sulfone groups is 1. The maximum absolute atomic E-state index is 12.0. The normalized spacial score (nSPS) is 11.4. The minimum Gasteiger partial charge on any atom is -0.492 e. The van der Waals surface area contributed by atoms with Gasteiger partial charge in [-0.15, -0.1) is 0 Å². The Morgan fingerprint density at radius 3 is 2.22 bits per heavy atom. The van der Waals surface area contributed by atoms with Crippen LogP contribution in [-0.2, 0) is 21.1 Å². The molecule has 0 atom stereocenters. The van der Waals surface area contributed by atoms with E-state index in [0.717, 1.165) is 11.3 Å². The minimum atomic E-state index is -3.21.